The van der Waals surface area contributed by atoms with Gasteiger partial charge in [-0.15, -0.1) is 0 Å². The minimum atomic E-state index is -0.132. The number of carbonyl (C=O) groups is 1. The second-order valence-corrected chi connectivity index (χ2v) is 4.42. The zero-order chi connectivity index (χ0) is 12.5. The van der Waals surface area contributed by atoms with Gasteiger partial charge >= 0.3 is 0 Å². The monoisotopic (exact) mass is 240 g/mol. The highest BCUT2D eigenvalue weighted by atomic mass is 16.1. The van der Waals surface area contributed by atoms with Gasteiger partial charge in [0.15, 0.2) is 11.6 Å². The molecule has 0 atom stereocenters. The molecule has 5 nitrogen and oxygen atoms in total. The lowest BCUT2D eigenvalue weighted by molar-refractivity contribution is 0.101. The summed E-state index contributed by atoms with van der Waals surface area (Å²) in [5.41, 5.74) is 1.93. The number of hydrogen-bond donors (Lipinski definition) is 0. The van der Waals surface area contributed by atoms with Gasteiger partial charge in [-0.3, -0.25) is 4.79 Å². The first-order valence-electron chi connectivity index (χ1n) is 5.90. The maximum absolute atomic E-state index is 11.5. The molecule has 0 spiro atoms. The van der Waals surface area contributed by atoms with Crippen LogP contribution in [0, 0.1) is 0 Å². The summed E-state index contributed by atoms with van der Waals surface area (Å²) in [6.45, 7) is 1.46. The minimum Gasteiger partial charge on any atom is -0.293 e. The molecular formula is C13H12N4O. The van der Waals surface area contributed by atoms with Crippen LogP contribution in [0.2, 0.25) is 0 Å². The van der Waals surface area contributed by atoms with Crippen LogP contribution in [0.4, 0.5) is 0 Å². The van der Waals surface area contributed by atoms with Crippen molar-refractivity contribution in [2.24, 2.45) is 0 Å². The van der Waals surface area contributed by atoms with E-state index < -0.39 is 0 Å². The topological polar surface area (TPSA) is 68.6 Å². The first-order chi connectivity index (χ1) is 8.75. The second-order valence-electron chi connectivity index (χ2n) is 4.42. The molecule has 3 rings (SSSR count). The maximum Gasteiger partial charge on any atom is 0.180 e. The van der Waals surface area contributed by atoms with E-state index in [1.807, 2.05) is 12.4 Å². The number of nitrogens with zero attached hydrogens (tertiary/aromatic N) is 4. The third-order valence-corrected chi connectivity index (χ3v) is 2.96. The Morgan fingerprint density at radius 2 is 1.78 bits per heavy atom. The van der Waals surface area contributed by atoms with E-state index in [9.17, 15) is 4.79 Å². The molecule has 1 aliphatic rings. The minimum absolute atomic E-state index is 0.132. The van der Waals surface area contributed by atoms with Gasteiger partial charge < -0.3 is 0 Å². The van der Waals surface area contributed by atoms with Crippen LogP contribution in [-0.4, -0.2) is 25.7 Å². The van der Waals surface area contributed by atoms with Crippen LogP contribution in [-0.2, 0) is 0 Å². The van der Waals surface area contributed by atoms with Crippen molar-refractivity contribution in [3.8, 4) is 11.5 Å². The van der Waals surface area contributed by atoms with Gasteiger partial charge in [0.05, 0.1) is 0 Å². The molecule has 0 N–H and O–H groups in total. The van der Waals surface area contributed by atoms with E-state index in [1.165, 1.54) is 26.0 Å². The molecule has 2 heterocycles. The van der Waals surface area contributed by atoms with E-state index in [4.69, 9.17) is 0 Å². The third kappa shape index (κ3) is 1.99. The molecule has 90 valence electrons. The Hall–Kier alpha value is -2.17. The van der Waals surface area contributed by atoms with Gasteiger partial charge in [0.2, 0.25) is 0 Å². The van der Waals surface area contributed by atoms with E-state index in [0.717, 1.165) is 5.56 Å². The Labute approximate surface area is 104 Å². The van der Waals surface area contributed by atoms with Crippen LogP contribution in [0.15, 0.2) is 24.8 Å². The SMILES string of the molecule is CC(=O)c1nccnc1-c1ncc(C2CC2)cn1. The summed E-state index contributed by atoms with van der Waals surface area (Å²) >= 11 is 0. The molecule has 1 fully saturated rings. The number of carbonyl (C=O) groups excluding carboxylic acids is 1. The summed E-state index contributed by atoms with van der Waals surface area (Å²) in [4.78, 5) is 28.2. The largest absolute Gasteiger partial charge is 0.293 e. The van der Waals surface area contributed by atoms with E-state index in [2.05, 4.69) is 19.9 Å². The van der Waals surface area contributed by atoms with Gasteiger partial charge in [0, 0.05) is 31.7 Å². The average molecular weight is 240 g/mol. The van der Waals surface area contributed by atoms with Crippen LogP contribution in [0.25, 0.3) is 11.5 Å². The van der Waals surface area contributed by atoms with Gasteiger partial charge in [-0.1, -0.05) is 0 Å². The molecule has 1 saturated carbocycles. The molecule has 0 bridgehead atoms. The van der Waals surface area contributed by atoms with Gasteiger partial charge in [-0.2, -0.15) is 0 Å². The van der Waals surface area contributed by atoms with E-state index in [0.29, 0.717) is 23.1 Å². The first kappa shape index (κ1) is 11.0. The lowest BCUT2D eigenvalue weighted by Crippen LogP contribution is -2.04. The van der Waals surface area contributed by atoms with Gasteiger partial charge in [-0.05, 0) is 24.3 Å². The van der Waals surface area contributed by atoms with Gasteiger partial charge in [0.25, 0.3) is 0 Å². The highest BCUT2D eigenvalue weighted by Gasteiger charge is 2.24. The van der Waals surface area contributed by atoms with E-state index >= 15 is 0 Å². The Balaban J connectivity index is 2.01. The Kier molecular flexibility index (Phi) is 2.59. The number of hydrogen-bond acceptors (Lipinski definition) is 5. The fourth-order valence-corrected chi connectivity index (χ4v) is 1.85. The fraction of sp³-hybridized carbons (Fsp3) is 0.308. The predicted molar refractivity (Wildman–Crippen MR) is 65.0 cm³/mol. The molecule has 18 heavy (non-hydrogen) atoms. The van der Waals surface area contributed by atoms with E-state index in [1.54, 1.807) is 6.20 Å². The number of rotatable bonds is 3. The molecule has 1 aliphatic carbocycles. The molecule has 0 saturated heterocycles. The van der Waals surface area contributed by atoms with Crippen LogP contribution in [0.5, 0.6) is 0 Å². The average Bonchev–Trinajstić information content (AvgIpc) is 3.23. The van der Waals surface area contributed by atoms with Crippen LogP contribution >= 0.6 is 0 Å². The van der Waals surface area contributed by atoms with Gasteiger partial charge in [-0.25, -0.2) is 19.9 Å². The van der Waals surface area contributed by atoms with Crippen LogP contribution in [0.3, 0.4) is 0 Å². The fourth-order valence-electron chi connectivity index (χ4n) is 1.85. The molecule has 0 radical (unpaired) electrons. The Morgan fingerprint density at radius 3 is 2.39 bits per heavy atom. The van der Waals surface area contributed by atoms with Crippen molar-refractivity contribution in [3.63, 3.8) is 0 Å². The lowest BCUT2D eigenvalue weighted by atomic mass is 10.2. The van der Waals surface area contributed by atoms with Crippen LogP contribution in [0.1, 0.15) is 41.7 Å². The molecule has 0 aromatic carbocycles. The quantitative estimate of drug-likeness (QED) is 0.767. The Bertz CT molecular complexity index is 590. The zero-order valence-corrected chi connectivity index (χ0v) is 10.00. The van der Waals surface area contributed by atoms with Gasteiger partial charge in [0.1, 0.15) is 11.4 Å². The number of Topliss-reactive ketones (excluding diaryl/α,β-unsaturated/α-hetero) is 1. The summed E-state index contributed by atoms with van der Waals surface area (Å²) in [5, 5.41) is 0. The molecule has 2 aromatic heterocycles. The highest BCUT2D eigenvalue weighted by molar-refractivity contribution is 5.96. The van der Waals surface area contributed by atoms with Crippen molar-refractivity contribution in [2.75, 3.05) is 0 Å². The smallest absolute Gasteiger partial charge is 0.180 e. The number of aromatic nitrogens is 4. The summed E-state index contributed by atoms with van der Waals surface area (Å²) in [5.74, 6) is 0.943. The zero-order valence-electron chi connectivity index (χ0n) is 10.00. The third-order valence-electron chi connectivity index (χ3n) is 2.96. The standard InChI is InChI=1S/C13H12N4O/c1-8(18)11-12(15-5-4-14-11)13-16-6-10(7-17-13)9-2-3-9/h4-7,9H,2-3H2,1H3. The first-order valence-corrected chi connectivity index (χ1v) is 5.90. The van der Waals surface area contributed by atoms with Crippen molar-refractivity contribution in [1.29, 1.82) is 0 Å². The highest BCUT2D eigenvalue weighted by Crippen LogP contribution is 2.39. The maximum atomic E-state index is 11.5. The summed E-state index contributed by atoms with van der Waals surface area (Å²) in [6, 6.07) is 0. The molecule has 5 heteroatoms. The van der Waals surface area contributed by atoms with Crippen molar-refractivity contribution >= 4 is 5.78 Å². The lowest BCUT2D eigenvalue weighted by Gasteiger charge is -2.03. The molecule has 2 aromatic rings. The summed E-state index contributed by atoms with van der Waals surface area (Å²) in [6.07, 6.45) is 9.11. The van der Waals surface area contributed by atoms with Crippen molar-refractivity contribution in [2.45, 2.75) is 25.7 Å². The summed E-state index contributed by atoms with van der Waals surface area (Å²) in [7, 11) is 0. The Morgan fingerprint density at radius 1 is 1.11 bits per heavy atom. The second kappa shape index (κ2) is 4.25. The molecule has 0 amide bonds. The molecule has 0 unspecified atom stereocenters. The normalized spacial score (nSPS) is 14.5. The molecular weight excluding hydrogens is 228 g/mol. The van der Waals surface area contributed by atoms with Crippen molar-refractivity contribution in [3.05, 3.63) is 36.0 Å². The summed E-state index contributed by atoms with van der Waals surface area (Å²) < 4.78 is 0. The van der Waals surface area contributed by atoms with E-state index in [-0.39, 0.29) is 5.78 Å². The van der Waals surface area contributed by atoms with Crippen molar-refractivity contribution in [1.82, 2.24) is 19.9 Å². The van der Waals surface area contributed by atoms with Crippen molar-refractivity contribution < 1.29 is 4.79 Å². The van der Waals surface area contributed by atoms with Crippen LogP contribution < -0.4 is 0 Å². The predicted octanol–water partition coefficient (Wildman–Crippen LogP) is 2.01. The molecule has 0 aliphatic heterocycles. The number of ketones is 1.